The smallest absolute Gasteiger partial charge is 0.0897 e. The van der Waals surface area contributed by atoms with Gasteiger partial charge in [-0.3, -0.25) is 4.68 Å². The summed E-state index contributed by atoms with van der Waals surface area (Å²) in [6, 6.07) is 10.6. The van der Waals surface area contributed by atoms with Gasteiger partial charge in [-0.1, -0.05) is 24.3 Å². The first-order valence-corrected chi connectivity index (χ1v) is 9.72. The van der Waals surface area contributed by atoms with E-state index in [-0.39, 0.29) is 6.10 Å². The molecule has 0 fully saturated rings. The van der Waals surface area contributed by atoms with E-state index in [1.54, 1.807) is 0 Å². The Labute approximate surface area is 156 Å². The molecule has 26 heavy (non-hydrogen) atoms. The molecule has 0 saturated heterocycles. The van der Waals surface area contributed by atoms with Crippen LogP contribution in [0.4, 0.5) is 0 Å². The molecule has 5 nitrogen and oxygen atoms in total. The molecule has 1 aliphatic carbocycles. The zero-order valence-corrected chi connectivity index (χ0v) is 15.9. The maximum atomic E-state index is 10.2. The summed E-state index contributed by atoms with van der Waals surface area (Å²) in [5, 5.41) is 18.0. The molecule has 0 amide bonds. The van der Waals surface area contributed by atoms with E-state index in [1.165, 1.54) is 16.8 Å². The topological polar surface area (TPSA) is 59.3 Å². The molecule has 2 N–H and O–H groups in total. The minimum atomic E-state index is -0.474. The van der Waals surface area contributed by atoms with E-state index in [1.807, 2.05) is 11.6 Å². The van der Waals surface area contributed by atoms with Crippen molar-refractivity contribution in [1.82, 2.24) is 15.1 Å². The van der Waals surface area contributed by atoms with Gasteiger partial charge in [-0.25, -0.2) is 0 Å². The fourth-order valence-corrected chi connectivity index (χ4v) is 3.69. The number of nitrogens with zero attached hydrogens (tertiary/aromatic N) is 2. The molecule has 0 aliphatic heterocycles. The van der Waals surface area contributed by atoms with Crippen LogP contribution in [-0.4, -0.2) is 40.7 Å². The van der Waals surface area contributed by atoms with Crippen LogP contribution in [0.15, 0.2) is 30.3 Å². The lowest BCUT2D eigenvalue weighted by Gasteiger charge is -2.26. The Balaban J connectivity index is 1.32. The van der Waals surface area contributed by atoms with Crippen molar-refractivity contribution in [2.45, 2.75) is 58.3 Å². The van der Waals surface area contributed by atoms with Gasteiger partial charge in [0.05, 0.1) is 24.5 Å². The lowest BCUT2D eigenvalue weighted by Crippen LogP contribution is -2.32. The molecule has 3 rings (SSSR count). The predicted octanol–water partition coefficient (Wildman–Crippen LogP) is 2.93. The van der Waals surface area contributed by atoms with Gasteiger partial charge in [0.25, 0.3) is 0 Å². The molecule has 1 aliphatic rings. The molecule has 1 aromatic carbocycles. The molecule has 142 valence electrons. The summed E-state index contributed by atoms with van der Waals surface area (Å²) < 4.78 is 8.05. The lowest BCUT2D eigenvalue weighted by molar-refractivity contribution is -0.0166. The van der Waals surface area contributed by atoms with Crippen LogP contribution in [-0.2, 0) is 17.7 Å². The van der Waals surface area contributed by atoms with Crippen LogP contribution < -0.4 is 5.32 Å². The maximum Gasteiger partial charge on any atom is 0.0897 e. The van der Waals surface area contributed by atoms with E-state index in [0.717, 1.165) is 44.5 Å². The molecule has 5 heteroatoms. The quantitative estimate of drug-likeness (QED) is 0.678. The number of nitrogens with one attached hydrogen (secondary N) is 1. The number of ether oxygens (including phenoxy) is 1. The number of hydrogen-bond donors (Lipinski definition) is 2. The Morgan fingerprint density at radius 1 is 1.35 bits per heavy atom. The first kappa shape index (κ1) is 19.1. The zero-order valence-electron chi connectivity index (χ0n) is 15.9. The molecule has 1 heterocycles. The summed E-state index contributed by atoms with van der Waals surface area (Å²) in [5.41, 5.74) is 4.94. The Hall–Kier alpha value is -1.69. The first-order chi connectivity index (χ1) is 12.6. The van der Waals surface area contributed by atoms with E-state index in [0.29, 0.717) is 13.2 Å². The third-order valence-corrected chi connectivity index (χ3v) is 5.01. The minimum absolute atomic E-state index is 0.126. The second kappa shape index (κ2) is 9.31. The molecule has 0 spiro atoms. The number of fused-ring (bicyclic) bond motifs is 1. The van der Waals surface area contributed by atoms with Crippen LogP contribution >= 0.6 is 0 Å². The van der Waals surface area contributed by atoms with Crippen LogP contribution in [0.3, 0.4) is 0 Å². The van der Waals surface area contributed by atoms with E-state index in [9.17, 15) is 5.11 Å². The number of benzene rings is 1. The molecular weight excluding hydrogens is 326 g/mol. The van der Waals surface area contributed by atoms with Crippen molar-refractivity contribution in [1.29, 1.82) is 0 Å². The molecule has 0 bridgehead atoms. The van der Waals surface area contributed by atoms with E-state index < -0.39 is 6.10 Å². The highest BCUT2D eigenvalue weighted by Gasteiger charge is 2.21. The van der Waals surface area contributed by atoms with E-state index in [2.05, 4.69) is 47.7 Å². The fourth-order valence-electron chi connectivity index (χ4n) is 3.69. The number of rotatable bonds is 9. The number of aliphatic hydroxyl groups excluding tert-OH is 1. The van der Waals surface area contributed by atoms with Gasteiger partial charge < -0.3 is 15.2 Å². The molecule has 0 unspecified atom stereocenters. The summed E-state index contributed by atoms with van der Waals surface area (Å²) in [4.78, 5) is 0. The van der Waals surface area contributed by atoms with Gasteiger partial charge in [0.1, 0.15) is 0 Å². The van der Waals surface area contributed by atoms with Crippen molar-refractivity contribution < 1.29 is 9.84 Å². The van der Waals surface area contributed by atoms with Gasteiger partial charge in [-0.15, -0.1) is 0 Å². The van der Waals surface area contributed by atoms with E-state index in [4.69, 9.17) is 4.74 Å². The maximum absolute atomic E-state index is 10.2. The normalized spacial score (nSPS) is 17.9. The minimum Gasteiger partial charge on any atom is -0.389 e. The second-order valence-corrected chi connectivity index (χ2v) is 7.27. The molecular formula is C21H31N3O2. The average molecular weight is 357 g/mol. The summed E-state index contributed by atoms with van der Waals surface area (Å²) >= 11 is 0. The first-order valence-electron chi connectivity index (χ1n) is 9.72. The summed E-state index contributed by atoms with van der Waals surface area (Å²) in [5.74, 6) is 0. The Morgan fingerprint density at radius 2 is 2.19 bits per heavy atom. The van der Waals surface area contributed by atoms with Gasteiger partial charge in [-0.05, 0) is 63.3 Å². The molecule has 2 atom stereocenters. The van der Waals surface area contributed by atoms with Gasteiger partial charge in [0.2, 0.25) is 0 Å². The zero-order chi connectivity index (χ0) is 18.4. The Bertz CT molecular complexity index is 698. The van der Waals surface area contributed by atoms with Gasteiger partial charge in [-0.2, -0.15) is 5.10 Å². The molecule has 1 aromatic heterocycles. The standard InChI is InChI=1S/C21H31N3O2/c1-16-13-17(2)24(23-16)12-6-11-22-14-19(25)15-26-21-10-5-8-18-7-3-4-9-20(18)21/h3-4,7,9,13,19,21-22,25H,5-6,8,10-12,14-15H2,1-2H3/t19-,21-/m0/s1. The van der Waals surface area contributed by atoms with Crippen LogP contribution in [0.2, 0.25) is 0 Å². The molecule has 2 aromatic rings. The fraction of sp³-hybridized carbons (Fsp3) is 0.571. The highest BCUT2D eigenvalue weighted by molar-refractivity contribution is 5.31. The van der Waals surface area contributed by atoms with Crippen LogP contribution in [0.1, 0.15) is 47.9 Å². The Morgan fingerprint density at radius 3 is 3.00 bits per heavy atom. The van der Waals surface area contributed by atoms with Crippen LogP contribution in [0.5, 0.6) is 0 Å². The summed E-state index contributed by atoms with van der Waals surface area (Å²) in [7, 11) is 0. The highest BCUT2D eigenvalue weighted by Crippen LogP contribution is 2.32. The van der Waals surface area contributed by atoms with Gasteiger partial charge in [0.15, 0.2) is 0 Å². The lowest BCUT2D eigenvalue weighted by atomic mass is 9.89. The highest BCUT2D eigenvalue weighted by atomic mass is 16.5. The number of aliphatic hydroxyl groups is 1. The van der Waals surface area contributed by atoms with Gasteiger partial charge in [0, 0.05) is 18.8 Å². The number of hydrogen-bond acceptors (Lipinski definition) is 4. The molecule has 0 radical (unpaired) electrons. The second-order valence-electron chi connectivity index (χ2n) is 7.27. The Kier molecular flexibility index (Phi) is 6.83. The van der Waals surface area contributed by atoms with Gasteiger partial charge >= 0.3 is 0 Å². The van der Waals surface area contributed by atoms with Crippen molar-refractivity contribution in [3.8, 4) is 0 Å². The molecule has 0 saturated carbocycles. The van der Waals surface area contributed by atoms with Crippen molar-refractivity contribution in [3.63, 3.8) is 0 Å². The third kappa shape index (κ3) is 5.16. The van der Waals surface area contributed by atoms with Crippen molar-refractivity contribution in [2.24, 2.45) is 0 Å². The average Bonchev–Trinajstić information content (AvgIpc) is 2.97. The number of aromatic nitrogens is 2. The number of aryl methyl sites for hydroxylation is 4. The SMILES string of the molecule is Cc1cc(C)n(CCCNC[C@H](O)CO[C@H]2CCCc3ccccc32)n1. The third-order valence-electron chi connectivity index (χ3n) is 5.01. The summed E-state index contributed by atoms with van der Waals surface area (Å²) in [6.07, 6.45) is 3.97. The van der Waals surface area contributed by atoms with Crippen LogP contribution in [0.25, 0.3) is 0 Å². The van der Waals surface area contributed by atoms with E-state index >= 15 is 0 Å². The van der Waals surface area contributed by atoms with Crippen LogP contribution in [0, 0.1) is 13.8 Å². The van der Waals surface area contributed by atoms with Crippen molar-refractivity contribution in [2.75, 3.05) is 19.7 Å². The van der Waals surface area contributed by atoms with Crippen molar-refractivity contribution in [3.05, 3.63) is 52.8 Å². The predicted molar refractivity (Wildman–Crippen MR) is 103 cm³/mol. The summed E-state index contributed by atoms with van der Waals surface area (Å²) in [6.45, 7) is 6.80. The van der Waals surface area contributed by atoms with Crippen molar-refractivity contribution >= 4 is 0 Å². The monoisotopic (exact) mass is 357 g/mol. The largest absolute Gasteiger partial charge is 0.389 e.